The van der Waals surface area contributed by atoms with Gasteiger partial charge in [0.1, 0.15) is 0 Å². The standard InChI is InChI=1S/C16H29N3O2/c1-18(12-15(21)19-9-5-6-10-19)14(20)11-16(13-17)7-3-2-4-8-16/h2-13,17H2,1H3. The molecule has 2 N–H and O–H groups in total. The number of amides is 2. The van der Waals surface area contributed by atoms with Crippen molar-refractivity contribution in [2.24, 2.45) is 11.1 Å². The zero-order chi connectivity index (χ0) is 15.3. The Bertz CT molecular complexity index is 372. The number of rotatable bonds is 5. The monoisotopic (exact) mass is 295 g/mol. The van der Waals surface area contributed by atoms with Gasteiger partial charge in [0.2, 0.25) is 11.8 Å². The minimum absolute atomic E-state index is 0.0275. The molecule has 2 fully saturated rings. The molecule has 2 aliphatic rings. The van der Waals surface area contributed by atoms with E-state index in [9.17, 15) is 9.59 Å². The van der Waals surface area contributed by atoms with E-state index in [0.29, 0.717) is 13.0 Å². The van der Waals surface area contributed by atoms with Crippen molar-refractivity contribution in [3.8, 4) is 0 Å². The van der Waals surface area contributed by atoms with Gasteiger partial charge in [-0.25, -0.2) is 0 Å². The Morgan fingerprint density at radius 2 is 1.71 bits per heavy atom. The number of nitrogens with two attached hydrogens (primary N) is 1. The molecule has 1 aliphatic carbocycles. The maximum atomic E-state index is 12.4. The summed E-state index contributed by atoms with van der Waals surface area (Å²) in [6.45, 7) is 2.47. The summed E-state index contributed by atoms with van der Waals surface area (Å²) >= 11 is 0. The molecule has 1 saturated carbocycles. The van der Waals surface area contributed by atoms with Crippen LogP contribution >= 0.6 is 0 Å². The highest BCUT2D eigenvalue weighted by Gasteiger charge is 2.34. The first kappa shape index (κ1) is 16.3. The highest BCUT2D eigenvalue weighted by atomic mass is 16.2. The minimum Gasteiger partial charge on any atom is -0.341 e. The third kappa shape index (κ3) is 4.19. The zero-order valence-corrected chi connectivity index (χ0v) is 13.3. The van der Waals surface area contributed by atoms with Crippen LogP contribution in [0.25, 0.3) is 0 Å². The number of nitrogens with zero attached hydrogens (tertiary/aromatic N) is 2. The number of carbonyl (C=O) groups excluding carboxylic acids is 2. The van der Waals surface area contributed by atoms with Crippen molar-refractivity contribution in [2.75, 3.05) is 33.2 Å². The SMILES string of the molecule is CN(CC(=O)N1CCCC1)C(=O)CC1(CN)CCCCC1. The Labute approximate surface area is 127 Å². The van der Waals surface area contributed by atoms with Crippen LogP contribution in [0.1, 0.15) is 51.4 Å². The lowest BCUT2D eigenvalue weighted by Gasteiger charge is -2.36. The Kier molecular flexibility index (Phi) is 5.62. The second kappa shape index (κ2) is 7.25. The average Bonchev–Trinajstić information content (AvgIpc) is 3.02. The van der Waals surface area contributed by atoms with Gasteiger partial charge < -0.3 is 15.5 Å². The summed E-state index contributed by atoms with van der Waals surface area (Å²) in [6.07, 6.45) is 8.33. The zero-order valence-electron chi connectivity index (χ0n) is 13.3. The van der Waals surface area contributed by atoms with Crippen LogP contribution in [0.4, 0.5) is 0 Å². The third-order valence-corrected chi connectivity index (χ3v) is 5.13. The topological polar surface area (TPSA) is 66.6 Å². The highest BCUT2D eigenvalue weighted by Crippen LogP contribution is 2.38. The third-order valence-electron chi connectivity index (χ3n) is 5.13. The van der Waals surface area contributed by atoms with E-state index in [4.69, 9.17) is 5.73 Å². The predicted molar refractivity (Wildman–Crippen MR) is 82.6 cm³/mol. The minimum atomic E-state index is -0.0275. The van der Waals surface area contributed by atoms with Crippen molar-refractivity contribution in [3.05, 3.63) is 0 Å². The molecule has 0 unspecified atom stereocenters. The van der Waals surface area contributed by atoms with Gasteiger partial charge in [-0.15, -0.1) is 0 Å². The van der Waals surface area contributed by atoms with Crippen molar-refractivity contribution in [1.82, 2.24) is 9.80 Å². The first-order valence-electron chi connectivity index (χ1n) is 8.28. The maximum absolute atomic E-state index is 12.4. The maximum Gasteiger partial charge on any atom is 0.242 e. The first-order valence-corrected chi connectivity index (χ1v) is 8.28. The van der Waals surface area contributed by atoms with E-state index in [-0.39, 0.29) is 23.8 Å². The summed E-state index contributed by atoms with van der Waals surface area (Å²) in [5, 5.41) is 0. The van der Waals surface area contributed by atoms with Crippen LogP contribution in [-0.2, 0) is 9.59 Å². The largest absolute Gasteiger partial charge is 0.341 e. The van der Waals surface area contributed by atoms with E-state index in [1.54, 1.807) is 11.9 Å². The van der Waals surface area contributed by atoms with Crippen LogP contribution < -0.4 is 5.73 Å². The van der Waals surface area contributed by atoms with Gasteiger partial charge in [-0.05, 0) is 37.6 Å². The van der Waals surface area contributed by atoms with E-state index >= 15 is 0 Å². The van der Waals surface area contributed by atoms with Gasteiger partial charge in [0.15, 0.2) is 0 Å². The predicted octanol–water partition coefficient (Wildman–Crippen LogP) is 1.37. The molecule has 0 spiro atoms. The summed E-state index contributed by atoms with van der Waals surface area (Å²) in [6, 6.07) is 0. The lowest BCUT2D eigenvalue weighted by atomic mass is 9.71. The van der Waals surface area contributed by atoms with Crippen molar-refractivity contribution in [2.45, 2.75) is 51.4 Å². The molecule has 1 saturated heterocycles. The fraction of sp³-hybridized carbons (Fsp3) is 0.875. The van der Waals surface area contributed by atoms with Gasteiger partial charge in [-0.2, -0.15) is 0 Å². The molecule has 0 aromatic carbocycles. The van der Waals surface area contributed by atoms with Crippen molar-refractivity contribution in [1.29, 1.82) is 0 Å². The molecule has 0 aromatic heterocycles. The normalized spacial score (nSPS) is 21.3. The van der Waals surface area contributed by atoms with E-state index < -0.39 is 0 Å². The molecule has 5 heteroatoms. The molecule has 2 rings (SSSR count). The lowest BCUT2D eigenvalue weighted by molar-refractivity contribution is -0.140. The van der Waals surface area contributed by atoms with E-state index in [1.807, 2.05) is 4.90 Å². The van der Waals surface area contributed by atoms with Crippen LogP contribution in [0.5, 0.6) is 0 Å². The highest BCUT2D eigenvalue weighted by molar-refractivity contribution is 5.85. The first-order chi connectivity index (χ1) is 10.1. The van der Waals surface area contributed by atoms with Gasteiger partial charge >= 0.3 is 0 Å². The Balaban J connectivity index is 1.84. The lowest BCUT2D eigenvalue weighted by Crippen LogP contribution is -2.43. The van der Waals surface area contributed by atoms with Crippen LogP contribution in [-0.4, -0.2) is 54.8 Å². The molecule has 1 heterocycles. The van der Waals surface area contributed by atoms with Crippen LogP contribution in [0.3, 0.4) is 0 Å². The smallest absolute Gasteiger partial charge is 0.242 e. The van der Waals surface area contributed by atoms with Crippen molar-refractivity contribution in [3.63, 3.8) is 0 Å². The molecule has 0 bridgehead atoms. The molecule has 21 heavy (non-hydrogen) atoms. The molecule has 2 amide bonds. The summed E-state index contributed by atoms with van der Waals surface area (Å²) in [5.41, 5.74) is 5.91. The van der Waals surface area contributed by atoms with E-state index in [1.165, 1.54) is 19.3 Å². The van der Waals surface area contributed by atoms with Gasteiger partial charge in [-0.3, -0.25) is 9.59 Å². The Hall–Kier alpha value is -1.10. The fourth-order valence-electron chi connectivity index (χ4n) is 3.57. The summed E-state index contributed by atoms with van der Waals surface area (Å²) in [7, 11) is 1.74. The average molecular weight is 295 g/mol. The molecule has 0 aromatic rings. The van der Waals surface area contributed by atoms with E-state index in [0.717, 1.165) is 38.8 Å². The molecule has 120 valence electrons. The van der Waals surface area contributed by atoms with Crippen molar-refractivity contribution < 1.29 is 9.59 Å². The van der Waals surface area contributed by atoms with Crippen LogP contribution in [0.2, 0.25) is 0 Å². The number of likely N-dealkylation sites (tertiary alicyclic amines) is 1. The van der Waals surface area contributed by atoms with Crippen LogP contribution in [0.15, 0.2) is 0 Å². The van der Waals surface area contributed by atoms with Gasteiger partial charge in [-0.1, -0.05) is 19.3 Å². The summed E-state index contributed by atoms with van der Waals surface area (Å²) in [4.78, 5) is 28.0. The van der Waals surface area contributed by atoms with Gasteiger partial charge in [0.25, 0.3) is 0 Å². The molecule has 5 nitrogen and oxygen atoms in total. The summed E-state index contributed by atoms with van der Waals surface area (Å²) in [5.74, 6) is 0.142. The Morgan fingerprint density at radius 3 is 2.29 bits per heavy atom. The number of likely N-dealkylation sites (N-methyl/N-ethyl adjacent to an activating group) is 1. The van der Waals surface area contributed by atoms with Gasteiger partial charge in [0.05, 0.1) is 6.54 Å². The number of hydrogen-bond donors (Lipinski definition) is 1. The molecule has 1 aliphatic heterocycles. The summed E-state index contributed by atoms with van der Waals surface area (Å²) < 4.78 is 0. The fourth-order valence-corrected chi connectivity index (χ4v) is 3.57. The Morgan fingerprint density at radius 1 is 1.10 bits per heavy atom. The molecule has 0 radical (unpaired) electrons. The molecule has 0 atom stereocenters. The molecular weight excluding hydrogens is 266 g/mol. The number of hydrogen-bond acceptors (Lipinski definition) is 3. The quantitative estimate of drug-likeness (QED) is 0.833. The second-order valence-corrected chi connectivity index (χ2v) is 6.78. The van der Waals surface area contributed by atoms with Crippen molar-refractivity contribution >= 4 is 11.8 Å². The van der Waals surface area contributed by atoms with Gasteiger partial charge in [0, 0.05) is 26.6 Å². The molecular formula is C16H29N3O2. The number of carbonyl (C=O) groups is 2. The van der Waals surface area contributed by atoms with Crippen LogP contribution in [0, 0.1) is 5.41 Å². The second-order valence-electron chi connectivity index (χ2n) is 6.78. The van der Waals surface area contributed by atoms with E-state index in [2.05, 4.69) is 0 Å².